The molecule has 0 saturated heterocycles. The van der Waals surface area contributed by atoms with Gasteiger partial charge in [-0.05, 0) is 25.1 Å². The Kier molecular flexibility index (Phi) is 4.34. The molecule has 0 saturated carbocycles. The smallest absolute Gasteiger partial charge is 0.319 e. The highest BCUT2D eigenvalue weighted by Gasteiger charge is 2.11. The number of amides is 2. The van der Waals surface area contributed by atoms with Crippen LogP contribution < -0.4 is 10.6 Å². The molecule has 0 radical (unpaired) electrons. The summed E-state index contributed by atoms with van der Waals surface area (Å²) >= 11 is 0. The van der Waals surface area contributed by atoms with E-state index in [1.54, 1.807) is 12.3 Å². The predicted molar refractivity (Wildman–Crippen MR) is 94.3 cm³/mol. The summed E-state index contributed by atoms with van der Waals surface area (Å²) in [5, 5.41) is 7.60. The van der Waals surface area contributed by atoms with Gasteiger partial charge in [-0.15, -0.1) is 0 Å². The third-order valence-electron chi connectivity index (χ3n) is 3.50. The topological polar surface area (TPSA) is 71.3 Å². The first-order chi connectivity index (χ1) is 11.0. The van der Waals surface area contributed by atoms with Gasteiger partial charge in [-0.25, -0.2) is 4.79 Å². The Balaban J connectivity index is 1.77. The Morgan fingerprint density at radius 3 is 2.70 bits per heavy atom. The minimum Gasteiger partial charge on any atom is -0.456 e. The highest BCUT2D eigenvalue weighted by atomic mass is 32.2. The van der Waals surface area contributed by atoms with Crippen LogP contribution in [-0.2, 0) is 10.8 Å². The number of benzene rings is 2. The van der Waals surface area contributed by atoms with Crippen LogP contribution in [-0.4, -0.2) is 28.3 Å². The van der Waals surface area contributed by atoms with Gasteiger partial charge in [-0.1, -0.05) is 18.2 Å². The maximum atomic E-state index is 12.0. The lowest BCUT2D eigenvalue weighted by atomic mass is 10.1. The van der Waals surface area contributed by atoms with Crippen molar-refractivity contribution in [1.29, 1.82) is 0 Å². The second kappa shape index (κ2) is 6.42. The van der Waals surface area contributed by atoms with Crippen LogP contribution in [0, 0.1) is 0 Å². The van der Waals surface area contributed by atoms with Crippen molar-refractivity contribution in [2.24, 2.45) is 0 Å². The maximum absolute atomic E-state index is 12.0. The minimum absolute atomic E-state index is 0.157. The zero-order valence-corrected chi connectivity index (χ0v) is 13.8. The fourth-order valence-corrected chi connectivity index (χ4v) is 3.38. The third kappa shape index (κ3) is 3.53. The summed E-state index contributed by atoms with van der Waals surface area (Å²) in [7, 11) is -0.944. The van der Waals surface area contributed by atoms with Gasteiger partial charge in [0.2, 0.25) is 0 Å². The van der Waals surface area contributed by atoms with Crippen LogP contribution >= 0.6 is 0 Å². The number of carbonyl (C=O) groups excluding carboxylic acids is 1. The summed E-state index contributed by atoms with van der Waals surface area (Å²) in [6.45, 7) is 1.82. The molecule has 5 nitrogen and oxygen atoms in total. The number of hydrogen-bond donors (Lipinski definition) is 2. The van der Waals surface area contributed by atoms with E-state index in [1.165, 1.54) is 0 Å². The van der Waals surface area contributed by atoms with Crippen LogP contribution in [0.1, 0.15) is 6.92 Å². The number of hydrogen-bond acceptors (Lipinski definition) is 3. The minimum atomic E-state index is -0.944. The van der Waals surface area contributed by atoms with E-state index in [0.717, 1.165) is 21.9 Å². The van der Waals surface area contributed by atoms with Gasteiger partial charge in [0.15, 0.2) is 0 Å². The zero-order valence-electron chi connectivity index (χ0n) is 13.0. The number of anilines is 1. The summed E-state index contributed by atoms with van der Waals surface area (Å²) in [6, 6.07) is 12.9. The summed E-state index contributed by atoms with van der Waals surface area (Å²) < 4.78 is 16.9. The first-order valence-electron chi connectivity index (χ1n) is 7.32. The predicted octanol–water partition coefficient (Wildman–Crippen LogP) is 3.47. The van der Waals surface area contributed by atoms with E-state index in [1.807, 2.05) is 43.3 Å². The standard InChI is InChI=1S/C17H18N2O3S/c1-11(10-23(2)21)18-17(20)19-12-7-8-14-13-5-3-4-6-15(13)22-16(14)9-12/h3-9,11H,10H2,1-2H3,(H2,18,19,20)/t11-,23+/m1/s1. The van der Waals surface area contributed by atoms with Crippen LogP contribution in [0.3, 0.4) is 0 Å². The molecule has 0 fully saturated rings. The first kappa shape index (κ1) is 15.6. The molecule has 0 spiro atoms. The number of urea groups is 1. The molecule has 23 heavy (non-hydrogen) atoms. The Morgan fingerprint density at radius 1 is 1.17 bits per heavy atom. The summed E-state index contributed by atoms with van der Waals surface area (Å²) in [5.74, 6) is 0.427. The van der Waals surface area contributed by atoms with Crippen molar-refractivity contribution in [3.05, 3.63) is 42.5 Å². The van der Waals surface area contributed by atoms with Crippen molar-refractivity contribution in [2.45, 2.75) is 13.0 Å². The van der Waals surface area contributed by atoms with Gasteiger partial charge in [-0.3, -0.25) is 4.21 Å². The fourth-order valence-electron chi connectivity index (χ4n) is 2.59. The molecule has 1 heterocycles. The average Bonchev–Trinajstić information content (AvgIpc) is 2.83. The molecule has 0 aliphatic heterocycles. The quantitative estimate of drug-likeness (QED) is 0.769. The summed E-state index contributed by atoms with van der Waals surface area (Å²) in [5.41, 5.74) is 2.20. The molecule has 0 unspecified atom stereocenters. The molecule has 2 amide bonds. The van der Waals surface area contributed by atoms with Crippen molar-refractivity contribution >= 4 is 44.5 Å². The Hall–Kier alpha value is -2.34. The maximum Gasteiger partial charge on any atom is 0.319 e. The lowest BCUT2D eigenvalue weighted by Gasteiger charge is -2.13. The third-order valence-corrected chi connectivity index (χ3v) is 4.47. The van der Waals surface area contributed by atoms with Gasteiger partial charge in [-0.2, -0.15) is 0 Å². The van der Waals surface area contributed by atoms with E-state index in [4.69, 9.17) is 4.42 Å². The van der Waals surface area contributed by atoms with Gasteiger partial charge in [0.1, 0.15) is 11.2 Å². The Morgan fingerprint density at radius 2 is 1.91 bits per heavy atom. The molecule has 0 aliphatic rings. The van der Waals surface area contributed by atoms with E-state index in [9.17, 15) is 9.00 Å². The van der Waals surface area contributed by atoms with Crippen molar-refractivity contribution in [3.8, 4) is 0 Å². The summed E-state index contributed by atoms with van der Waals surface area (Å²) in [4.78, 5) is 12.0. The van der Waals surface area contributed by atoms with Crippen LogP contribution in [0.4, 0.5) is 10.5 Å². The van der Waals surface area contributed by atoms with Crippen molar-refractivity contribution in [3.63, 3.8) is 0 Å². The molecule has 1 aromatic heterocycles. The van der Waals surface area contributed by atoms with Crippen LogP contribution in [0.5, 0.6) is 0 Å². The molecule has 0 bridgehead atoms. The van der Waals surface area contributed by atoms with E-state index >= 15 is 0 Å². The molecule has 2 N–H and O–H groups in total. The molecule has 3 rings (SSSR count). The Labute approximate surface area is 136 Å². The highest BCUT2D eigenvalue weighted by Crippen LogP contribution is 2.30. The van der Waals surface area contributed by atoms with Gasteiger partial charge in [0.05, 0.1) is 0 Å². The number of furan rings is 1. The SMILES string of the molecule is C[C@H](C[S@](C)=O)NC(=O)Nc1ccc2c(c1)oc1ccccc12. The number of rotatable bonds is 4. The second-order valence-corrected chi connectivity index (χ2v) is 7.03. The Bertz CT molecular complexity index is 888. The van der Waals surface area contributed by atoms with Crippen molar-refractivity contribution in [2.75, 3.05) is 17.3 Å². The normalized spacial score (nSPS) is 13.8. The van der Waals surface area contributed by atoms with Crippen LogP contribution in [0.15, 0.2) is 46.9 Å². The monoisotopic (exact) mass is 330 g/mol. The molecular weight excluding hydrogens is 312 g/mol. The van der Waals surface area contributed by atoms with Crippen LogP contribution in [0.2, 0.25) is 0 Å². The fraction of sp³-hybridized carbons (Fsp3) is 0.235. The number of carbonyl (C=O) groups is 1. The van der Waals surface area contributed by atoms with Gasteiger partial charge in [0.25, 0.3) is 0 Å². The highest BCUT2D eigenvalue weighted by molar-refractivity contribution is 7.84. The number of fused-ring (bicyclic) bond motifs is 3. The van der Waals surface area contributed by atoms with Gasteiger partial charge in [0, 0.05) is 51.4 Å². The van der Waals surface area contributed by atoms with E-state index in [2.05, 4.69) is 10.6 Å². The van der Waals surface area contributed by atoms with Gasteiger partial charge >= 0.3 is 6.03 Å². The largest absolute Gasteiger partial charge is 0.456 e. The molecule has 6 heteroatoms. The first-order valence-corrected chi connectivity index (χ1v) is 9.04. The van der Waals surface area contributed by atoms with E-state index in [0.29, 0.717) is 11.4 Å². The molecular formula is C17H18N2O3S. The van der Waals surface area contributed by atoms with E-state index in [-0.39, 0.29) is 12.1 Å². The summed E-state index contributed by atoms with van der Waals surface area (Å²) in [6.07, 6.45) is 1.62. The van der Waals surface area contributed by atoms with Crippen molar-refractivity contribution in [1.82, 2.24) is 5.32 Å². The zero-order chi connectivity index (χ0) is 16.4. The number of para-hydroxylation sites is 1. The van der Waals surface area contributed by atoms with Gasteiger partial charge < -0.3 is 15.1 Å². The average molecular weight is 330 g/mol. The van der Waals surface area contributed by atoms with Crippen molar-refractivity contribution < 1.29 is 13.4 Å². The lowest BCUT2D eigenvalue weighted by molar-refractivity contribution is 0.250. The molecule has 0 aliphatic carbocycles. The van der Waals surface area contributed by atoms with Crippen LogP contribution in [0.25, 0.3) is 21.9 Å². The lowest BCUT2D eigenvalue weighted by Crippen LogP contribution is -2.39. The molecule has 2 aromatic carbocycles. The molecule has 2 atom stereocenters. The second-order valence-electron chi connectivity index (χ2n) is 5.55. The van der Waals surface area contributed by atoms with E-state index < -0.39 is 10.8 Å². The molecule has 120 valence electrons. The molecule has 3 aromatic rings. The number of nitrogens with one attached hydrogen (secondary N) is 2.